The minimum atomic E-state index is 0.627. The third-order valence-corrected chi connectivity index (χ3v) is 3.18. The van der Waals surface area contributed by atoms with Crippen LogP contribution in [0.4, 0.5) is 0 Å². The van der Waals surface area contributed by atoms with Crippen LogP contribution in [0.15, 0.2) is 18.2 Å². The van der Waals surface area contributed by atoms with Crippen molar-refractivity contribution in [2.75, 3.05) is 20.8 Å². The predicted octanol–water partition coefficient (Wildman–Crippen LogP) is 3.67. The van der Waals surface area contributed by atoms with E-state index in [0.717, 1.165) is 29.2 Å². The van der Waals surface area contributed by atoms with E-state index in [1.165, 1.54) is 18.4 Å². The zero-order valence-corrected chi connectivity index (χ0v) is 11.3. The largest absolute Gasteiger partial charge is 0.496 e. The summed E-state index contributed by atoms with van der Waals surface area (Å²) in [5.74, 6) is 2.45. The summed E-state index contributed by atoms with van der Waals surface area (Å²) in [6.45, 7) is 2.83. The number of methoxy groups -OCH3 is 2. The second-order valence-corrected chi connectivity index (χ2v) is 4.35. The molecule has 1 aromatic carbocycles. The van der Waals surface area contributed by atoms with Gasteiger partial charge in [-0.05, 0) is 24.5 Å². The van der Waals surface area contributed by atoms with E-state index in [0.29, 0.717) is 6.61 Å². The Balaban J connectivity index is 2.41. The second-order valence-electron chi connectivity index (χ2n) is 4.35. The Hall–Kier alpha value is -1.64. The predicted molar refractivity (Wildman–Crippen MR) is 72.5 cm³/mol. The van der Waals surface area contributed by atoms with Crippen molar-refractivity contribution in [1.29, 1.82) is 0 Å². The van der Waals surface area contributed by atoms with Gasteiger partial charge in [0, 0.05) is 12.1 Å². The molecule has 0 amide bonds. The van der Waals surface area contributed by atoms with Crippen molar-refractivity contribution in [2.24, 2.45) is 0 Å². The smallest absolute Gasteiger partial charge is 0.134 e. The summed E-state index contributed by atoms with van der Waals surface area (Å²) in [4.78, 5) is 0. The normalized spacial score (nSPS) is 13.4. The summed E-state index contributed by atoms with van der Waals surface area (Å²) in [5, 5.41) is 0. The van der Waals surface area contributed by atoms with Gasteiger partial charge in [0.1, 0.15) is 23.9 Å². The van der Waals surface area contributed by atoms with Gasteiger partial charge in [-0.3, -0.25) is 0 Å². The van der Waals surface area contributed by atoms with E-state index in [1.807, 2.05) is 12.1 Å². The summed E-state index contributed by atoms with van der Waals surface area (Å²) >= 11 is 0. The molecule has 0 spiro atoms. The lowest BCUT2D eigenvalue weighted by Gasteiger charge is -2.22. The van der Waals surface area contributed by atoms with E-state index in [-0.39, 0.29) is 0 Å². The van der Waals surface area contributed by atoms with Crippen LogP contribution in [0, 0.1) is 0 Å². The van der Waals surface area contributed by atoms with Crippen LogP contribution < -0.4 is 14.2 Å². The highest BCUT2D eigenvalue weighted by Crippen LogP contribution is 2.42. The van der Waals surface area contributed by atoms with Crippen molar-refractivity contribution in [2.45, 2.75) is 26.2 Å². The first-order valence-corrected chi connectivity index (χ1v) is 6.38. The van der Waals surface area contributed by atoms with Gasteiger partial charge >= 0.3 is 0 Å². The number of ether oxygens (including phenoxy) is 3. The molecule has 2 rings (SSSR count). The Morgan fingerprint density at radius 3 is 2.72 bits per heavy atom. The fourth-order valence-electron chi connectivity index (χ4n) is 2.20. The molecule has 0 radical (unpaired) electrons. The number of benzene rings is 1. The fraction of sp³-hybridized carbons (Fsp3) is 0.467. The summed E-state index contributed by atoms with van der Waals surface area (Å²) in [6, 6.07) is 3.84. The van der Waals surface area contributed by atoms with Crippen molar-refractivity contribution in [1.82, 2.24) is 0 Å². The second kappa shape index (κ2) is 5.80. The highest BCUT2D eigenvalue weighted by atomic mass is 16.5. The highest BCUT2D eigenvalue weighted by molar-refractivity contribution is 5.78. The molecule has 0 saturated carbocycles. The molecule has 0 atom stereocenters. The zero-order valence-electron chi connectivity index (χ0n) is 11.3. The molecule has 0 aliphatic carbocycles. The molecule has 98 valence electrons. The SMILES string of the molecule is CCCCC1=CCOc2cc(OC)cc(OC)c21. The molecule has 3 heteroatoms. The van der Waals surface area contributed by atoms with Crippen molar-refractivity contribution in [3.8, 4) is 17.2 Å². The number of hydrogen-bond donors (Lipinski definition) is 0. The number of rotatable bonds is 5. The molecule has 0 aromatic heterocycles. The number of fused-ring (bicyclic) bond motifs is 1. The molecular formula is C15H20O3. The van der Waals surface area contributed by atoms with Gasteiger partial charge in [-0.2, -0.15) is 0 Å². The summed E-state index contributed by atoms with van der Waals surface area (Å²) in [6.07, 6.45) is 5.58. The summed E-state index contributed by atoms with van der Waals surface area (Å²) in [5.41, 5.74) is 2.40. The average Bonchev–Trinajstić information content (AvgIpc) is 2.43. The maximum Gasteiger partial charge on any atom is 0.134 e. The van der Waals surface area contributed by atoms with Gasteiger partial charge in [0.15, 0.2) is 0 Å². The molecule has 0 N–H and O–H groups in total. The fourth-order valence-corrected chi connectivity index (χ4v) is 2.20. The quantitative estimate of drug-likeness (QED) is 0.795. The Morgan fingerprint density at radius 2 is 2.06 bits per heavy atom. The topological polar surface area (TPSA) is 27.7 Å². The molecule has 18 heavy (non-hydrogen) atoms. The minimum absolute atomic E-state index is 0.627. The monoisotopic (exact) mass is 248 g/mol. The molecule has 3 nitrogen and oxygen atoms in total. The van der Waals surface area contributed by atoms with Gasteiger partial charge in [-0.15, -0.1) is 0 Å². The lowest BCUT2D eigenvalue weighted by atomic mass is 9.96. The molecule has 1 aromatic rings. The van der Waals surface area contributed by atoms with Gasteiger partial charge in [0.2, 0.25) is 0 Å². The van der Waals surface area contributed by atoms with Crippen LogP contribution in [-0.4, -0.2) is 20.8 Å². The third-order valence-electron chi connectivity index (χ3n) is 3.18. The zero-order chi connectivity index (χ0) is 13.0. The van der Waals surface area contributed by atoms with E-state index >= 15 is 0 Å². The van der Waals surface area contributed by atoms with Gasteiger partial charge in [0.25, 0.3) is 0 Å². The van der Waals surface area contributed by atoms with E-state index in [9.17, 15) is 0 Å². The van der Waals surface area contributed by atoms with E-state index in [4.69, 9.17) is 14.2 Å². The Bertz CT molecular complexity index is 449. The number of hydrogen-bond acceptors (Lipinski definition) is 3. The molecule has 0 saturated heterocycles. The van der Waals surface area contributed by atoms with Gasteiger partial charge in [-0.25, -0.2) is 0 Å². The number of allylic oxidation sites excluding steroid dienone is 1. The van der Waals surface area contributed by atoms with Crippen LogP contribution in [0.5, 0.6) is 17.2 Å². The van der Waals surface area contributed by atoms with Crippen molar-refractivity contribution < 1.29 is 14.2 Å². The van der Waals surface area contributed by atoms with Crippen LogP contribution in [-0.2, 0) is 0 Å². The first-order chi connectivity index (χ1) is 8.80. The average molecular weight is 248 g/mol. The third kappa shape index (κ3) is 2.45. The molecule has 1 aliphatic rings. The first kappa shape index (κ1) is 12.8. The molecule has 1 aliphatic heterocycles. The van der Waals surface area contributed by atoms with Crippen LogP contribution in [0.1, 0.15) is 31.7 Å². The van der Waals surface area contributed by atoms with Gasteiger partial charge in [-0.1, -0.05) is 13.3 Å². The van der Waals surface area contributed by atoms with E-state index in [2.05, 4.69) is 13.0 Å². The number of unbranched alkanes of at least 4 members (excludes halogenated alkanes) is 1. The van der Waals surface area contributed by atoms with Crippen LogP contribution >= 0.6 is 0 Å². The molecule has 1 heterocycles. The molecular weight excluding hydrogens is 228 g/mol. The van der Waals surface area contributed by atoms with Crippen LogP contribution in [0.3, 0.4) is 0 Å². The van der Waals surface area contributed by atoms with Gasteiger partial charge < -0.3 is 14.2 Å². The van der Waals surface area contributed by atoms with E-state index in [1.54, 1.807) is 14.2 Å². The van der Waals surface area contributed by atoms with E-state index < -0.39 is 0 Å². The van der Waals surface area contributed by atoms with Crippen molar-refractivity contribution in [3.63, 3.8) is 0 Å². The molecule has 0 fully saturated rings. The van der Waals surface area contributed by atoms with Crippen molar-refractivity contribution in [3.05, 3.63) is 23.8 Å². The Kier molecular flexibility index (Phi) is 4.13. The highest BCUT2D eigenvalue weighted by Gasteiger charge is 2.20. The minimum Gasteiger partial charge on any atom is -0.496 e. The maximum atomic E-state index is 5.68. The lowest BCUT2D eigenvalue weighted by Crippen LogP contribution is -2.07. The van der Waals surface area contributed by atoms with Crippen molar-refractivity contribution >= 4 is 5.57 Å². The first-order valence-electron chi connectivity index (χ1n) is 6.38. The Labute approximate surface area is 108 Å². The van der Waals surface area contributed by atoms with Crippen LogP contribution in [0.25, 0.3) is 5.57 Å². The summed E-state index contributed by atoms with van der Waals surface area (Å²) in [7, 11) is 3.33. The Morgan fingerprint density at radius 1 is 1.22 bits per heavy atom. The molecule has 0 bridgehead atoms. The van der Waals surface area contributed by atoms with Gasteiger partial charge in [0.05, 0.1) is 19.8 Å². The standard InChI is InChI=1S/C15H20O3/c1-4-5-6-11-7-8-18-14-10-12(16-2)9-13(17-3)15(11)14/h7,9-10H,4-6,8H2,1-3H3. The molecule has 0 unspecified atom stereocenters. The lowest BCUT2D eigenvalue weighted by molar-refractivity contribution is 0.341. The maximum absolute atomic E-state index is 5.68. The van der Waals surface area contributed by atoms with Crippen LogP contribution in [0.2, 0.25) is 0 Å². The summed E-state index contributed by atoms with van der Waals surface area (Å²) < 4.78 is 16.4.